The van der Waals surface area contributed by atoms with Gasteiger partial charge in [0.2, 0.25) is 5.82 Å². The van der Waals surface area contributed by atoms with Gasteiger partial charge in [0.1, 0.15) is 5.82 Å². The SMILES string of the molecule is CC=CC1CCC(C2CC=C(c3ccc(-c4ccc(-c5ccc(OCCCCCCCC)c(F)c5F)cc4)c(F)c3)CC2)CC1. The van der Waals surface area contributed by atoms with Gasteiger partial charge in [-0.05, 0) is 117 Å². The maximum Gasteiger partial charge on any atom is 0.201 e. The van der Waals surface area contributed by atoms with Crippen molar-refractivity contribution < 1.29 is 17.9 Å². The number of benzene rings is 3. The van der Waals surface area contributed by atoms with Gasteiger partial charge in [-0.25, -0.2) is 8.78 Å². The Balaban J connectivity index is 1.18. The van der Waals surface area contributed by atoms with Crippen LogP contribution in [0.25, 0.3) is 27.8 Å². The maximum atomic E-state index is 15.4. The normalized spacial score (nSPS) is 20.4. The average molecular weight is 615 g/mol. The van der Waals surface area contributed by atoms with Gasteiger partial charge in [-0.1, -0.05) is 93.7 Å². The van der Waals surface area contributed by atoms with Crippen LogP contribution in [0, 0.1) is 35.2 Å². The highest BCUT2D eigenvalue weighted by Crippen LogP contribution is 2.42. The summed E-state index contributed by atoms with van der Waals surface area (Å²) in [5.41, 5.74) is 4.10. The molecule has 3 aromatic carbocycles. The summed E-state index contributed by atoms with van der Waals surface area (Å²) in [5, 5.41) is 0. The van der Waals surface area contributed by atoms with E-state index < -0.39 is 11.6 Å². The molecule has 0 aromatic heterocycles. The van der Waals surface area contributed by atoms with Gasteiger partial charge in [0.05, 0.1) is 6.61 Å². The fourth-order valence-corrected chi connectivity index (χ4v) is 7.33. The first-order chi connectivity index (χ1) is 22.0. The Morgan fingerprint density at radius 2 is 1.38 bits per heavy atom. The molecule has 1 atom stereocenters. The summed E-state index contributed by atoms with van der Waals surface area (Å²) in [6, 6.07) is 15.5. The number of halogens is 3. The number of ether oxygens (including phenoxy) is 1. The minimum absolute atomic E-state index is 0.0561. The van der Waals surface area contributed by atoms with E-state index in [0.29, 0.717) is 23.3 Å². The van der Waals surface area contributed by atoms with Crippen molar-refractivity contribution in [1.82, 2.24) is 0 Å². The average Bonchev–Trinajstić information content (AvgIpc) is 3.07. The van der Waals surface area contributed by atoms with Crippen molar-refractivity contribution in [3.05, 3.63) is 95.8 Å². The van der Waals surface area contributed by atoms with Crippen LogP contribution in [0.4, 0.5) is 13.2 Å². The molecule has 5 rings (SSSR count). The summed E-state index contributed by atoms with van der Waals surface area (Å²) >= 11 is 0. The highest BCUT2D eigenvalue weighted by atomic mass is 19.2. The molecule has 0 saturated heterocycles. The topological polar surface area (TPSA) is 9.23 Å². The molecule has 2 aliphatic rings. The van der Waals surface area contributed by atoms with Crippen molar-refractivity contribution in [2.45, 2.75) is 97.3 Å². The van der Waals surface area contributed by atoms with Crippen molar-refractivity contribution >= 4 is 5.57 Å². The van der Waals surface area contributed by atoms with E-state index in [1.807, 2.05) is 12.1 Å². The number of unbranched alkanes of at least 4 members (excludes halogenated alkanes) is 5. The molecule has 0 bridgehead atoms. The van der Waals surface area contributed by atoms with Crippen LogP contribution in [0.3, 0.4) is 0 Å². The lowest BCUT2D eigenvalue weighted by Gasteiger charge is -2.34. The maximum absolute atomic E-state index is 15.4. The second kappa shape index (κ2) is 16.3. The lowest BCUT2D eigenvalue weighted by Crippen LogP contribution is -2.22. The molecular formula is C41H49F3O. The Morgan fingerprint density at radius 3 is 2.04 bits per heavy atom. The lowest BCUT2D eigenvalue weighted by molar-refractivity contribution is 0.212. The third-order valence-corrected chi connectivity index (χ3v) is 10.0. The van der Waals surface area contributed by atoms with Crippen LogP contribution in [-0.4, -0.2) is 6.61 Å². The molecule has 240 valence electrons. The van der Waals surface area contributed by atoms with Crippen molar-refractivity contribution in [3.8, 4) is 28.0 Å². The van der Waals surface area contributed by atoms with Crippen LogP contribution in [0.15, 0.2) is 72.8 Å². The summed E-state index contributed by atoms with van der Waals surface area (Å²) in [6.07, 6.45) is 22.0. The summed E-state index contributed by atoms with van der Waals surface area (Å²) in [5.74, 6) is 0.0999. The van der Waals surface area contributed by atoms with E-state index in [4.69, 9.17) is 4.74 Å². The van der Waals surface area contributed by atoms with E-state index in [9.17, 15) is 4.39 Å². The van der Waals surface area contributed by atoms with Gasteiger partial charge in [0.25, 0.3) is 0 Å². The highest BCUT2D eigenvalue weighted by Gasteiger charge is 2.28. The van der Waals surface area contributed by atoms with Crippen LogP contribution in [0.1, 0.15) is 103 Å². The first-order valence-corrected chi connectivity index (χ1v) is 17.3. The minimum Gasteiger partial charge on any atom is -0.490 e. The molecule has 0 spiro atoms. The van der Waals surface area contributed by atoms with Crippen molar-refractivity contribution in [2.24, 2.45) is 17.8 Å². The Morgan fingerprint density at radius 1 is 0.711 bits per heavy atom. The van der Waals surface area contributed by atoms with Gasteiger partial charge in [-0.15, -0.1) is 0 Å². The van der Waals surface area contributed by atoms with Crippen molar-refractivity contribution in [1.29, 1.82) is 0 Å². The Hall–Kier alpha value is -3.27. The quantitative estimate of drug-likeness (QED) is 0.137. The third kappa shape index (κ3) is 8.51. The predicted octanol–water partition coefficient (Wildman–Crippen LogP) is 12.7. The van der Waals surface area contributed by atoms with E-state index in [2.05, 4.69) is 32.1 Å². The Kier molecular flexibility index (Phi) is 12.0. The Labute approximate surface area is 268 Å². The summed E-state index contributed by atoms with van der Waals surface area (Å²) in [4.78, 5) is 0. The molecule has 1 nitrogen and oxygen atoms in total. The molecule has 0 N–H and O–H groups in total. The van der Waals surface area contributed by atoms with E-state index in [-0.39, 0.29) is 17.1 Å². The lowest BCUT2D eigenvalue weighted by atomic mass is 9.71. The zero-order valence-electron chi connectivity index (χ0n) is 27.1. The van der Waals surface area contributed by atoms with E-state index in [0.717, 1.165) is 55.4 Å². The fourth-order valence-electron chi connectivity index (χ4n) is 7.33. The van der Waals surface area contributed by atoms with Gasteiger partial charge >= 0.3 is 0 Å². The van der Waals surface area contributed by atoms with Crippen molar-refractivity contribution in [2.75, 3.05) is 6.61 Å². The fraction of sp³-hybridized carbons (Fsp3) is 0.463. The second-order valence-electron chi connectivity index (χ2n) is 13.1. The van der Waals surface area contributed by atoms with Crippen LogP contribution >= 0.6 is 0 Å². The van der Waals surface area contributed by atoms with Gasteiger partial charge in [-0.3, -0.25) is 0 Å². The summed E-state index contributed by atoms with van der Waals surface area (Å²) in [7, 11) is 0. The second-order valence-corrected chi connectivity index (χ2v) is 13.1. The molecule has 0 amide bonds. The Bertz CT molecular complexity index is 1450. The van der Waals surface area contributed by atoms with E-state index >= 15 is 8.78 Å². The monoisotopic (exact) mass is 614 g/mol. The zero-order valence-corrected chi connectivity index (χ0v) is 27.1. The molecule has 1 fully saturated rings. The predicted molar refractivity (Wildman–Crippen MR) is 182 cm³/mol. The first-order valence-electron chi connectivity index (χ1n) is 17.3. The summed E-state index contributed by atoms with van der Waals surface area (Å²) in [6.45, 7) is 4.67. The van der Waals surface area contributed by atoms with Crippen LogP contribution in [0.5, 0.6) is 5.75 Å². The van der Waals surface area contributed by atoms with Crippen LogP contribution < -0.4 is 4.74 Å². The smallest absolute Gasteiger partial charge is 0.201 e. The number of hydrogen-bond acceptors (Lipinski definition) is 1. The molecule has 1 unspecified atom stereocenters. The highest BCUT2D eigenvalue weighted by molar-refractivity contribution is 5.74. The number of allylic oxidation sites excluding steroid dienone is 4. The van der Waals surface area contributed by atoms with Gasteiger partial charge in [-0.2, -0.15) is 4.39 Å². The summed E-state index contributed by atoms with van der Waals surface area (Å²) < 4.78 is 50.8. The molecule has 4 heteroatoms. The van der Waals surface area contributed by atoms with E-state index in [1.165, 1.54) is 63.0 Å². The van der Waals surface area contributed by atoms with Gasteiger partial charge < -0.3 is 4.74 Å². The zero-order chi connectivity index (χ0) is 31.6. The minimum atomic E-state index is -0.968. The molecule has 2 aliphatic carbocycles. The number of rotatable bonds is 13. The molecule has 0 aliphatic heterocycles. The van der Waals surface area contributed by atoms with E-state index in [1.54, 1.807) is 36.4 Å². The molecule has 45 heavy (non-hydrogen) atoms. The molecule has 3 aromatic rings. The largest absolute Gasteiger partial charge is 0.490 e. The third-order valence-electron chi connectivity index (χ3n) is 10.0. The molecule has 0 radical (unpaired) electrons. The van der Waals surface area contributed by atoms with Gasteiger partial charge in [0, 0.05) is 11.1 Å². The van der Waals surface area contributed by atoms with Crippen molar-refractivity contribution in [3.63, 3.8) is 0 Å². The van der Waals surface area contributed by atoms with Crippen LogP contribution in [-0.2, 0) is 0 Å². The number of hydrogen-bond donors (Lipinski definition) is 0. The molecular weight excluding hydrogens is 565 g/mol. The van der Waals surface area contributed by atoms with Gasteiger partial charge in [0.15, 0.2) is 11.6 Å². The molecule has 1 saturated carbocycles. The van der Waals surface area contributed by atoms with Crippen LogP contribution in [0.2, 0.25) is 0 Å². The standard InChI is InChI=1S/C41H49F3O/c1-3-5-6-7-8-9-27-45-39-26-25-37(40(43)41(39)44)34-21-19-33(20-22-34)36-24-23-35(28-38(36)42)32-17-15-31(16-18-32)30-13-11-29(10-4-2)12-14-30/h4,10,17,19-26,28-31H,3,5-9,11-16,18,27H2,1-2H3. The first kappa shape index (κ1) is 33.1. The molecule has 0 heterocycles.